The summed E-state index contributed by atoms with van der Waals surface area (Å²) in [4.78, 5) is 8.38. The fourth-order valence-electron chi connectivity index (χ4n) is 1.85. The van der Waals surface area contributed by atoms with Gasteiger partial charge in [0.2, 0.25) is 5.88 Å². The molecule has 0 aliphatic heterocycles. The zero-order valence-electron chi connectivity index (χ0n) is 10.6. The lowest BCUT2D eigenvalue weighted by molar-refractivity contribution is 0.467. The average molecular weight is 282 g/mol. The fraction of sp³-hybridized carbons (Fsp3) is 0.0714. The van der Waals surface area contributed by atoms with Gasteiger partial charge < -0.3 is 10.5 Å². The quantitative estimate of drug-likeness (QED) is 0.729. The third kappa shape index (κ3) is 2.04. The number of ether oxygens (including phenoxy) is 1. The van der Waals surface area contributed by atoms with Crippen molar-refractivity contribution in [1.82, 2.24) is 9.97 Å². The van der Waals surface area contributed by atoms with Crippen LogP contribution in [0, 0.1) is 18.3 Å². The summed E-state index contributed by atoms with van der Waals surface area (Å²) >= 11 is 1.52. The van der Waals surface area contributed by atoms with Gasteiger partial charge in [-0.1, -0.05) is 0 Å². The molecule has 0 saturated carbocycles. The predicted octanol–water partition coefficient (Wildman–Crippen LogP) is 3.25. The zero-order chi connectivity index (χ0) is 14.1. The second kappa shape index (κ2) is 4.79. The third-order valence-electron chi connectivity index (χ3n) is 2.83. The number of rotatable bonds is 2. The second-order valence-corrected chi connectivity index (χ2v) is 5.12. The summed E-state index contributed by atoms with van der Waals surface area (Å²) in [7, 11) is 0. The molecule has 0 unspecified atom stereocenters. The van der Waals surface area contributed by atoms with Crippen LogP contribution in [0.25, 0.3) is 10.2 Å². The van der Waals surface area contributed by atoms with E-state index in [1.54, 1.807) is 18.2 Å². The smallest absolute Gasteiger partial charge is 0.240 e. The molecule has 0 amide bonds. The Kier molecular flexibility index (Phi) is 2.97. The molecule has 2 aromatic heterocycles. The number of benzene rings is 1. The summed E-state index contributed by atoms with van der Waals surface area (Å²) in [5.41, 5.74) is 8.51. The topological polar surface area (TPSA) is 84.8 Å². The Balaban J connectivity index is 2.08. The molecule has 0 bridgehead atoms. The van der Waals surface area contributed by atoms with E-state index in [2.05, 4.69) is 16.0 Å². The van der Waals surface area contributed by atoms with Crippen molar-refractivity contribution in [2.24, 2.45) is 0 Å². The molecule has 0 radical (unpaired) electrons. The Morgan fingerprint density at radius 3 is 3.00 bits per heavy atom. The maximum Gasteiger partial charge on any atom is 0.240 e. The zero-order valence-corrected chi connectivity index (χ0v) is 11.4. The van der Waals surface area contributed by atoms with Crippen LogP contribution >= 0.6 is 11.3 Å². The molecule has 5 nitrogen and oxygen atoms in total. The van der Waals surface area contributed by atoms with Gasteiger partial charge in [-0.3, -0.25) is 0 Å². The number of nitrogens with zero attached hydrogens (tertiary/aromatic N) is 3. The number of nitrogens with two attached hydrogens (primary N) is 1. The number of hydrogen-bond donors (Lipinski definition) is 1. The highest BCUT2D eigenvalue weighted by atomic mass is 32.1. The lowest BCUT2D eigenvalue weighted by Crippen LogP contribution is -1.94. The predicted molar refractivity (Wildman–Crippen MR) is 77.8 cm³/mol. The van der Waals surface area contributed by atoms with Crippen LogP contribution < -0.4 is 10.5 Å². The first-order valence-corrected chi connectivity index (χ1v) is 6.73. The van der Waals surface area contributed by atoms with Crippen molar-refractivity contribution in [2.75, 3.05) is 5.73 Å². The van der Waals surface area contributed by atoms with Gasteiger partial charge in [0.05, 0.1) is 11.1 Å². The normalized spacial score (nSPS) is 10.4. The Morgan fingerprint density at radius 2 is 2.20 bits per heavy atom. The van der Waals surface area contributed by atoms with Crippen molar-refractivity contribution in [3.05, 3.63) is 41.0 Å². The van der Waals surface area contributed by atoms with Crippen LogP contribution in [-0.4, -0.2) is 9.97 Å². The highest BCUT2D eigenvalue weighted by Gasteiger charge is 2.12. The van der Waals surface area contributed by atoms with Crippen LogP contribution in [0.1, 0.15) is 11.1 Å². The van der Waals surface area contributed by atoms with E-state index in [-0.39, 0.29) is 0 Å². The largest absolute Gasteiger partial charge is 0.436 e. The van der Waals surface area contributed by atoms with Gasteiger partial charge in [-0.25, -0.2) is 9.97 Å². The summed E-state index contributed by atoms with van der Waals surface area (Å²) < 4.78 is 6.63. The first-order valence-electron chi connectivity index (χ1n) is 5.85. The standard InChI is InChI=1S/C14H10N4OS/c1-8-6-20-13-12(8)17-7-18-14(13)19-11-3-2-10(16)4-9(11)5-15/h2-4,6-7H,16H2,1H3. The van der Waals surface area contributed by atoms with Crippen molar-refractivity contribution >= 4 is 27.2 Å². The Hall–Kier alpha value is -2.65. The maximum absolute atomic E-state index is 9.12. The first kappa shape index (κ1) is 12.4. The van der Waals surface area contributed by atoms with Crippen LogP contribution in [-0.2, 0) is 0 Å². The molecular weight excluding hydrogens is 272 g/mol. The molecule has 3 aromatic rings. The van der Waals surface area contributed by atoms with Gasteiger partial charge in [0.1, 0.15) is 22.8 Å². The van der Waals surface area contributed by atoms with E-state index in [0.29, 0.717) is 22.9 Å². The molecule has 6 heteroatoms. The van der Waals surface area contributed by atoms with Gasteiger partial charge in [-0.05, 0) is 36.1 Å². The average Bonchev–Trinajstić information content (AvgIpc) is 2.84. The van der Waals surface area contributed by atoms with Crippen LogP contribution in [0.3, 0.4) is 0 Å². The Labute approximate surface area is 119 Å². The van der Waals surface area contributed by atoms with Crippen LogP contribution in [0.5, 0.6) is 11.6 Å². The van der Waals surface area contributed by atoms with Gasteiger partial charge in [0.15, 0.2) is 0 Å². The molecule has 3 rings (SSSR count). The Bertz CT molecular complexity index is 835. The molecule has 0 aliphatic carbocycles. The van der Waals surface area contributed by atoms with Crippen molar-refractivity contribution in [3.63, 3.8) is 0 Å². The number of aromatic nitrogens is 2. The van der Waals surface area contributed by atoms with Gasteiger partial charge in [-0.15, -0.1) is 11.3 Å². The van der Waals surface area contributed by atoms with Gasteiger partial charge in [0, 0.05) is 5.69 Å². The molecule has 20 heavy (non-hydrogen) atoms. The minimum absolute atomic E-state index is 0.380. The van der Waals surface area contributed by atoms with Crippen molar-refractivity contribution in [1.29, 1.82) is 5.26 Å². The van der Waals surface area contributed by atoms with E-state index in [1.165, 1.54) is 17.7 Å². The lowest BCUT2D eigenvalue weighted by atomic mass is 10.2. The number of anilines is 1. The highest BCUT2D eigenvalue weighted by Crippen LogP contribution is 2.34. The number of nitriles is 1. The molecule has 98 valence electrons. The van der Waals surface area contributed by atoms with E-state index in [4.69, 9.17) is 15.7 Å². The van der Waals surface area contributed by atoms with Crippen molar-refractivity contribution in [3.8, 4) is 17.7 Å². The number of hydrogen-bond acceptors (Lipinski definition) is 6. The highest BCUT2D eigenvalue weighted by molar-refractivity contribution is 7.17. The number of nitrogen functional groups attached to an aromatic ring is 1. The van der Waals surface area contributed by atoms with Crippen LogP contribution in [0.15, 0.2) is 29.9 Å². The lowest BCUT2D eigenvalue weighted by Gasteiger charge is -2.07. The van der Waals surface area contributed by atoms with Crippen LogP contribution in [0.2, 0.25) is 0 Å². The molecule has 0 atom stereocenters. The summed E-state index contributed by atoms with van der Waals surface area (Å²) in [6, 6.07) is 7.00. The molecule has 0 saturated heterocycles. The minimum atomic E-state index is 0.380. The molecule has 1 aromatic carbocycles. The van der Waals surface area contributed by atoms with Crippen molar-refractivity contribution in [2.45, 2.75) is 6.92 Å². The van der Waals surface area contributed by atoms with E-state index in [9.17, 15) is 0 Å². The fourth-order valence-corrected chi connectivity index (χ4v) is 2.78. The van der Waals surface area contributed by atoms with Crippen LogP contribution in [0.4, 0.5) is 5.69 Å². The second-order valence-electron chi connectivity index (χ2n) is 4.24. The van der Waals surface area contributed by atoms with E-state index in [0.717, 1.165) is 15.8 Å². The number of fused-ring (bicyclic) bond motifs is 1. The van der Waals surface area contributed by atoms with Gasteiger partial charge in [-0.2, -0.15) is 5.26 Å². The van der Waals surface area contributed by atoms with E-state index in [1.807, 2.05) is 12.3 Å². The molecule has 0 fully saturated rings. The summed E-state index contributed by atoms with van der Waals surface area (Å²) in [6.45, 7) is 1.99. The van der Waals surface area contributed by atoms with E-state index >= 15 is 0 Å². The molecule has 0 spiro atoms. The molecule has 0 aliphatic rings. The minimum Gasteiger partial charge on any atom is -0.436 e. The van der Waals surface area contributed by atoms with Gasteiger partial charge in [0.25, 0.3) is 0 Å². The monoisotopic (exact) mass is 282 g/mol. The maximum atomic E-state index is 9.12. The number of thiophene rings is 1. The molecular formula is C14H10N4OS. The molecule has 2 N–H and O–H groups in total. The molecule has 2 heterocycles. The Morgan fingerprint density at radius 1 is 1.35 bits per heavy atom. The van der Waals surface area contributed by atoms with E-state index < -0.39 is 0 Å². The number of aryl methyl sites for hydroxylation is 1. The van der Waals surface area contributed by atoms with Crippen molar-refractivity contribution < 1.29 is 4.74 Å². The first-order chi connectivity index (χ1) is 9.69. The summed E-state index contributed by atoms with van der Waals surface area (Å²) in [5.74, 6) is 0.891. The summed E-state index contributed by atoms with van der Waals surface area (Å²) in [6.07, 6.45) is 1.46. The third-order valence-corrected chi connectivity index (χ3v) is 3.90. The van der Waals surface area contributed by atoms with Gasteiger partial charge >= 0.3 is 0 Å². The SMILES string of the molecule is Cc1csc2c(Oc3ccc(N)cc3C#N)ncnc12. The summed E-state index contributed by atoms with van der Waals surface area (Å²) in [5, 5.41) is 11.1.